The second-order valence-corrected chi connectivity index (χ2v) is 11.1. The number of benzene rings is 3. The first-order valence-corrected chi connectivity index (χ1v) is 14.9. The largest absolute Gasteiger partial charge is 0.507 e. The fourth-order valence-electron chi connectivity index (χ4n) is 4.15. The molecule has 0 aliphatic rings. The number of hydrogen-bond donors (Lipinski definition) is 4. The molecule has 0 saturated carbocycles. The van der Waals surface area contributed by atoms with Crippen LogP contribution in [-0.2, 0) is 9.47 Å². The zero-order valence-electron chi connectivity index (χ0n) is 26.6. The van der Waals surface area contributed by atoms with Crippen LogP contribution in [0.4, 0.5) is 0 Å². The average molecular weight is 636 g/mol. The summed E-state index contributed by atoms with van der Waals surface area (Å²) in [5.74, 6) is 1.61. The van der Waals surface area contributed by atoms with Crippen molar-refractivity contribution in [1.82, 2.24) is 15.0 Å². The molecule has 0 bridgehead atoms. The van der Waals surface area contributed by atoms with Gasteiger partial charge in [0.15, 0.2) is 17.5 Å². The van der Waals surface area contributed by atoms with E-state index in [1.807, 2.05) is 27.7 Å². The number of aromatic nitrogens is 3. The number of phenolic OH excluding ortho intramolecular Hbond substituents is 2. The molecule has 0 radical (unpaired) electrons. The molecule has 0 aliphatic heterocycles. The molecule has 46 heavy (non-hydrogen) atoms. The fraction of sp³-hybridized carbons (Fsp3) is 0.382. The molecule has 4 aromatic rings. The Morgan fingerprint density at radius 1 is 0.565 bits per heavy atom. The zero-order valence-corrected chi connectivity index (χ0v) is 26.6. The molecular formula is C34H41N3O9. The number of ether oxygens (including phenoxy) is 5. The highest BCUT2D eigenvalue weighted by atomic mass is 16.5. The van der Waals surface area contributed by atoms with Crippen LogP contribution >= 0.6 is 0 Å². The van der Waals surface area contributed by atoms with Gasteiger partial charge in [0.05, 0.1) is 43.7 Å². The van der Waals surface area contributed by atoms with E-state index >= 15 is 0 Å². The number of phenols is 2. The second kappa shape index (κ2) is 16.2. The Morgan fingerprint density at radius 2 is 0.978 bits per heavy atom. The van der Waals surface area contributed by atoms with Crippen LogP contribution in [0.2, 0.25) is 0 Å². The number of methoxy groups -OCH3 is 1. The lowest BCUT2D eigenvalue weighted by Gasteiger charge is -2.15. The van der Waals surface area contributed by atoms with Gasteiger partial charge >= 0.3 is 0 Å². The van der Waals surface area contributed by atoms with Crippen LogP contribution in [0.1, 0.15) is 27.7 Å². The van der Waals surface area contributed by atoms with Gasteiger partial charge in [0.1, 0.15) is 54.2 Å². The third-order valence-corrected chi connectivity index (χ3v) is 6.53. The van der Waals surface area contributed by atoms with Crippen molar-refractivity contribution in [3.05, 3.63) is 60.7 Å². The summed E-state index contributed by atoms with van der Waals surface area (Å²) < 4.78 is 27.4. The molecule has 1 aromatic heterocycles. The molecular weight excluding hydrogens is 594 g/mol. The molecule has 2 unspecified atom stereocenters. The first-order chi connectivity index (χ1) is 22.0. The first kappa shape index (κ1) is 34.4. The SMILES string of the molecule is COc1ccc(-c2nc(-c3ccc(OCC(O)COC(C)C)cc3O)nc(-c3ccc(OCC(O)COC(C)C)cc3O)n2)cc1. The van der Waals surface area contributed by atoms with Gasteiger partial charge in [0.2, 0.25) is 0 Å². The minimum Gasteiger partial charge on any atom is -0.507 e. The van der Waals surface area contributed by atoms with Crippen molar-refractivity contribution in [2.75, 3.05) is 33.5 Å². The van der Waals surface area contributed by atoms with Crippen molar-refractivity contribution >= 4 is 0 Å². The number of aliphatic hydroxyl groups excluding tert-OH is 2. The molecule has 2 atom stereocenters. The molecule has 0 spiro atoms. The van der Waals surface area contributed by atoms with Crippen LogP contribution in [0.3, 0.4) is 0 Å². The third-order valence-electron chi connectivity index (χ3n) is 6.53. The number of nitrogens with zero attached hydrogens (tertiary/aromatic N) is 3. The predicted molar refractivity (Wildman–Crippen MR) is 171 cm³/mol. The zero-order chi connectivity index (χ0) is 33.2. The summed E-state index contributed by atoms with van der Waals surface area (Å²) in [5, 5.41) is 42.1. The summed E-state index contributed by atoms with van der Waals surface area (Å²) in [6.07, 6.45) is -1.71. The summed E-state index contributed by atoms with van der Waals surface area (Å²) >= 11 is 0. The van der Waals surface area contributed by atoms with Gasteiger partial charge in [-0.15, -0.1) is 0 Å². The smallest absolute Gasteiger partial charge is 0.167 e. The van der Waals surface area contributed by atoms with E-state index < -0.39 is 12.2 Å². The maximum absolute atomic E-state index is 11.0. The summed E-state index contributed by atoms with van der Waals surface area (Å²) in [7, 11) is 1.57. The number of aliphatic hydroxyl groups is 2. The Hall–Kier alpha value is -4.49. The lowest BCUT2D eigenvalue weighted by Crippen LogP contribution is -2.25. The third kappa shape index (κ3) is 9.75. The van der Waals surface area contributed by atoms with Crippen LogP contribution in [-0.4, -0.2) is 93.3 Å². The van der Waals surface area contributed by atoms with E-state index in [1.54, 1.807) is 55.6 Å². The molecule has 3 aromatic carbocycles. The van der Waals surface area contributed by atoms with Gasteiger partial charge in [-0.3, -0.25) is 0 Å². The molecule has 4 rings (SSSR count). The first-order valence-electron chi connectivity index (χ1n) is 14.9. The van der Waals surface area contributed by atoms with Crippen molar-refractivity contribution in [3.63, 3.8) is 0 Å². The molecule has 1 heterocycles. The Balaban J connectivity index is 1.62. The topological polar surface area (TPSA) is 166 Å². The van der Waals surface area contributed by atoms with E-state index in [-0.39, 0.29) is 61.8 Å². The molecule has 246 valence electrons. The molecule has 0 aliphatic carbocycles. The molecule has 12 heteroatoms. The van der Waals surface area contributed by atoms with Gasteiger partial charge in [-0.2, -0.15) is 0 Å². The van der Waals surface area contributed by atoms with E-state index in [0.717, 1.165) is 0 Å². The summed E-state index contributed by atoms with van der Waals surface area (Å²) in [6, 6.07) is 16.4. The highest BCUT2D eigenvalue weighted by molar-refractivity contribution is 5.72. The quantitative estimate of drug-likeness (QED) is 0.135. The minimum absolute atomic E-state index is 0.0202. The monoisotopic (exact) mass is 635 g/mol. The van der Waals surface area contributed by atoms with Crippen molar-refractivity contribution < 1.29 is 44.1 Å². The molecule has 0 saturated heterocycles. The predicted octanol–water partition coefficient (Wildman–Crippen LogP) is 4.62. The Kier molecular flexibility index (Phi) is 12.1. The van der Waals surface area contributed by atoms with Crippen LogP contribution in [0.15, 0.2) is 60.7 Å². The van der Waals surface area contributed by atoms with Crippen LogP contribution in [0.25, 0.3) is 34.2 Å². The van der Waals surface area contributed by atoms with Crippen molar-refractivity contribution in [2.24, 2.45) is 0 Å². The van der Waals surface area contributed by atoms with Gasteiger partial charge in [-0.25, -0.2) is 15.0 Å². The highest BCUT2D eigenvalue weighted by Gasteiger charge is 2.18. The Labute approximate surface area is 268 Å². The summed E-state index contributed by atoms with van der Waals surface area (Å²) in [5.41, 5.74) is 1.25. The van der Waals surface area contributed by atoms with Crippen molar-refractivity contribution in [2.45, 2.75) is 52.1 Å². The number of hydrogen-bond acceptors (Lipinski definition) is 12. The van der Waals surface area contributed by atoms with E-state index in [1.165, 1.54) is 12.1 Å². The molecule has 0 amide bonds. The van der Waals surface area contributed by atoms with Gasteiger partial charge in [-0.05, 0) is 76.2 Å². The van der Waals surface area contributed by atoms with Crippen molar-refractivity contribution in [1.29, 1.82) is 0 Å². The van der Waals surface area contributed by atoms with Crippen LogP contribution in [0, 0.1) is 0 Å². The molecule has 12 nitrogen and oxygen atoms in total. The number of aromatic hydroxyl groups is 2. The van der Waals surface area contributed by atoms with Gasteiger partial charge < -0.3 is 44.1 Å². The maximum Gasteiger partial charge on any atom is 0.167 e. The molecule has 0 fully saturated rings. The van der Waals surface area contributed by atoms with Gasteiger partial charge in [0.25, 0.3) is 0 Å². The van der Waals surface area contributed by atoms with Crippen LogP contribution in [0.5, 0.6) is 28.7 Å². The lowest BCUT2D eigenvalue weighted by molar-refractivity contribution is -0.0123. The van der Waals surface area contributed by atoms with E-state index in [2.05, 4.69) is 15.0 Å². The fourth-order valence-corrected chi connectivity index (χ4v) is 4.15. The Morgan fingerprint density at radius 3 is 1.37 bits per heavy atom. The standard InChI is InChI=1S/C34H41N3O9/c1-20(2)43-16-23(38)18-45-26-10-12-28(30(40)14-26)33-35-32(22-6-8-25(42-5)9-7-22)36-34(37-33)29-13-11-27(15-31(29)41)46-19-24(39)17-44-21(3)4/h6-15,20-21,23-24,38-41H,16-19H2,1-5H3. The van der Waals surface area contributed by atoms with E-state index in [9.17, 15) is 20.4 Å². The van der Waals surface area contributed by atoms with Crippen molar-refractivity contribution in [3.8, 4) is 62.9 Å². The van der Waals surface area contributed by atoms with E-state index in [4.69, 9.17) is 23.7 Å². The average Bonchev–Trinajstić information content (AvgIpc) is 3.04. The maximum atomic E-state index is 11.0. The normalized spacial score (nSPS) is 12.7. The van der Waals surface area contributed by atoms with E-state index in [0.29, 0.717) is 39.8 Å². The highest BCUT2D eigenvalue weighted by Crippen LogP contribution is 2.36. The lowest BCUT2D eigenvalue weighted by atomic mass is 10.1. The Bertz CT molecular complexity index is 1470. The summed E-state index contributed by atoms with van der Waals surface area (Å²) in [6.45, 7) is 7.71. The van der Waals surface area contributed by atoms with Gasteiger partial charge in [-0.1, -0.05) is 0 Å². The minimum atomic E-state index is -0.837. The number of rotatable bonds is 16. The van der Waals surface area contributed by atoms with Gasteiger partial charge in [0, 0.05) is 17.7 Å². The molecule has 4 N–H and O–H groups in total. The van der Waals surface area contributed by atoms with Crippen LogP contribution < -0.4 is 14.2 Å². The summed E-state index contributed by atoms with van der Waals surface area (Å²) in [4.78, 5) is 13.8. The second-order valence-electron chi connectivity index (χ2n) is 11.1.